The van der Waals surface area contributed by atoms with Gasteiger partial charge in [0.05, 0.1) is 19.0 Å². The van der Waals surface area contributed by atoms with Crippen molar-refractivity contribution in [2.24, 2.45) is 0 Å². The number of rotatable bonds is 3. The first kappa shape index (κ1) is 16.9. The zero-order chi connectivity index (χ0) is 18.3. The number of carbonyl (C=O) groups is 1. The highest BCUT2D eigenvalue weighted by Crippen LogP contribution is 2.40. The summed E-state index contributed by atoms with van der Waals surface area (Å²) in [7, 11) is 1.51. The Morgan fingerprint density at radius 2 is 2.04 bits per heavy atom. The summed E-state index contributed by atoms with van der Waals surface area (Å²) in [6, 6.07) is 13.1. The molecule has 1 aromatic heterocycles. The van der Waals surface area contributed by atoms with Crippen LogP contribution < -0.4 is 10.1 Å². The SMILES string of the molecule is COc1ccc(C2CC(=O)Nc3c2cnn3-c2ccc(I)cc2)cc1O. The molecule has 1 aliphatic heterocycles. The molecule has 1 amide bonds. The molecule has 26 heavy (non-hydrogen) atoms. The number of fused-ring (bicyclic) bond motifs is 1. The van der Waals surface area contributed by atoms with Crippen molar-refractivity contribution in [1.29, 1.82) is 0 Å². The number of hydrogen-bond donors (Lipinski definition) is 2. The van der Waals surface area contributed by atoms with E-state index < -0.39 is 0 Å². The average molecular weight is 461 g/mol. The van der Waals surface area contributed by atoms with Gasteiger partial charge in [-0.3, -0.25) is 4.79 Å². The predicted octanol–water partition coefficient (Wildman–Crippen LogP) is 3.67. The number of methoxy groups -OCH3 is 1. The summed E-state index contributed by atoms with van der Waals surface area (Å²) >= 11 is 2.25. The first-order valence-corrected chi connectivity index (χ1v) is 9.15. The molecule has 6 nitrogen and oxygen atoms in total. The third kappa shape index (κ3) is 2.92. The van der Waals surface area contributed by atoms with Crippen molar-refractivity contribution in [1.82, 2.24) is 9.78 Å². The minimum Gasteiger partial charge on any atom is -0.504 e. The molecule has 2 heterocycles. The summed E-state index contributed by atoms with van der Waals surface area (Å²) in [6.45, 7) is 0. The zero-order valence-electron chi connectivity index (χ0n) is 13.9. The molecule has 0 aliphatic carbocycles. The number of phenolic OH excluding ortho intramolecular Hbond substituents is 1. The minimum absolute atomic E-state index is 0.0579. The van der Waals surface area contributed by atoms with Crippen molar-refractivity contribution in [3.63, 3.8) is 0 Å². The Bertz CT molecular complexity index is 982. The van der Waals surface area contributed by atoms with Crippen LogP contribution >= 0.6 is 22.6 Å². The van der Waals surface area contributed by atoms with Gasteiger partial charge in [0.1, 0.15) is 5.82 Å². The van der Waals surface area contributed by atoms with E-state index in [1.165, 1.54) is 7.11 Å². The Labute approximate surface area is 163 Å². The van der Waals surface area contributed by atoms with Crippen molar-refractivity contribution >= 4 is 34.3 Å². The lowest BCUT2D eigenvalue weighted by Crippen LogP contribution is -2.24. The number of hydrogen-bond acceptors (Lipinski definition) is 4. The van der Waals surface area contributed by atoms with E-state index in [2.05, 4.69) is 33.0 Å². The summed E-state index contributed by atoms with van der Waals surface area (Å²) < 4.78 is 7.97. The molecule has 0 radical (unpaired) electrons. The summed E-state index contributed by atoms with van der Waals surface area (Å²) in [5.41, 5.74) is 2.65. The average Bonchev–Trinajstić information content (AvgIpc) is 3.05. The number of carbonyl (C=O) groups excluding carboxylic acids is 1. The molecule has 1 unspecified atom stereocenters. The van der Waals surface area contributed by atoms with Crippen molar-refractivity contribution in [2.45, 2.75) is 12.3 Å². The molecule has 0 fully saturated rings. The van der Waals surface area contributed by atoms with Crippen molar-refractivity contribution in [3.05, 3.63) is 63.4 Å². The maximum absolute atomic E-state index is 12.3. The lowest BCUT2D eigenvalue weighted by Gasteiger charge is -2.24. The van der Waals surface area contributed by atoms with E-state index in [0.717, 1.165) is 20.4 Å². The molecule has 7 heteroatoms. The molecule has 1 atom stereocenters. The Hall–Kier alpha value is -2.55. The summed E-state index contributed by atoms with van der Waals surface area (Å²) in [5, 5.41) is 17.5. The van der Waals surface area contributed by atoms with Gasteiger partial charge >= 0.3 is 0 Å². The molecule has 3 aromatic rings. The molecular formula is C19H16IN3O3. The van der Waals surface area contributed by atoms with E-state index in [-0.39, 0.29) is 17.6 Å². The summed E-state index contributed by atoms with van der Waals surface area (Å²) in [5.74, 6) is 0.882. The monoisotopic (exact) mass is 461 g/mol. The van der Waals surface area contributed by atoms with Gasteiger partial charge in [-0.1, -0.05) is 6.07 Å². The fourth-order valence-corrected chi connectivity index (χ4v) is 3.58. The van der Waals surface area contributed by atoms with Gasteiger partial charge < -0.3 is 15.2 Å². The molecule has 132 valence electrons. The third-order valence-electron chi connectivity index (χ3n) is 4.50. The van der Waals surface area contributed by atoms with E-state index in [1.807, 2.05) is 30.3 Å². The zero-order valence-corrected chi connectivity index (χ0v) is 16.1. The van der Waals surface area contributed by atoms with Crippen LogP contribution in [0.5, 0.6) is 11.5 Å². The highest BCUT2D eigenvalue weighted by atomic mass is 127. The molecule has 0 spiro atoms. The lowest BCUT2D eigenvalue weighted by atomic mass is 9.87. The maximum atomic E-state index is 12.3. The van der Waals surface area contributed by atoms with Crippen molar-refractivity contribution in [2.75, 3.05) is 12.4 Å². The smallest absolute Gasteiger partial charge is 0.226 e. The van der Waals surface area contributed by atoms with Crippen LogP contribution in [-0.2, 0) is 4.79 Å². The molecule has 0 saturated carbocycles. The highest BCUT2D eigenvalue weighted by Gasteiger charge is 2.30. The van der Waals surface area contributed by atoms with Gasteiger partial charge in [0.2, 0.25) is 5.91 Å². The molecule has 1 aliphatic rings. The quantitative estimate of drug-likeness (QED) is 0.584. The summed E-state index contributed by atoms with van der Waals surface area (Å²) in [4.78, 5) is 12.3. The second-order valence-electron chi connectivity index (χ2n) is 6.07. The van der Waals surface area contributed by atoms with Crippen LogP contribution in [0.4, 0.5) is 5.82 Å². The maximum Gasteiger partial charge on any atom is 0.226 e. The standard InChI is InChI=1S/C19H16IN3O3/c1-26-17-7-2-11(8-16(17)24)14-9-18(25)22-19-15(14)10-21-23(19)13-5-3-12(20)4-6-13/h2-8,10,14,24H,9H2,1H3,(H,22,25). The molecule has 0 saturated heterocycles. The third-order valence-corrected chi connectivity index (χ3v) is 5.22. The summed E-state index contributed by atoms with van der Waals surface area (Å²) in [6.07, 6.45) is 2.08. The van der Waals surface area contributed by atoms with Crippen LogP contribution in [0.2, 0.25) is 0 Å². The number of anilines is 1. The first-order chi connectivity index (χ1) is 12.6. The predicted molar refractivity (Wildman–Crippen MR) is 106 cm³/mol. The van der Waals surface area contributed by atoms with Gasteiger partial charge in [0.15, 0.2) is 11.5 Å². The number of benzene rings is 2. The van der Waals surface area contributed by atoms with Crippen molar-refractivity contribution in [3.8, 4) is 17.2 Å². The van der Waals surface area contributed by atoms with Crippen LogP contribution in [0.25, 0.3) is 5.69 Å². The number of nitrogens with zero attached hydrogens (tertiary/aromatic N) is 2. The normalized spacial score (nSPS) is 16.1. The number of halogens is 1. The molecule has 0 bridgehead atoms. The van der Waals surface area contributed by atoms with Crippen LogP contribution in [0.3, 0.4) is 0 Å². The first-order valence-electron chi connectivity index (χ1n) is 8.07. The van der Waals surface area contributed by atoms with Crippen LogP contribution in [0, 0.1) is 3.57 Å². The van der Waals surface area contributed by atoms with E-state index >= 15 is 0 Å². The van der Waals surface area contributed by atoms with Gasteiger partial charge in [-0.15, -0.1) is 0 Å². The molecule has 2 N–H and O–H groups in total. The number of nitrogens with one attached hydrogen (secondary N) is 1. The topological polar surface area (TPSA) is 76.4 Å². The van der Waals surface area contributed by atoms with Gasteiger partial charge in [-0.25, -0.2) is 4.68 Å². The highest BCUT2D eigenvalue weighted by molar-refractivity contribution is 14.1. The second-order valence-corrected chi connectivity index (χ2v) is 7.32. The van der Waals surface area contributed by atoms with E-state index in [1.54, 1.807) is 23.0 Å². The number of amides is 1. The minimum atomic E-state index is -0.173. The van der Waals surface area contributed by atoms with Gasteiger partial charge in [-0.2, -0.15) is 5.10 Å². The second kappa shape index (κ2) is 6.64. The molecular weight excluding hydrogens is 445 g/mol. The van der Waals surface area contributed by atoms with Crippen LogP contribution in [-0.4, -0.2) is 27.9 Å². The Morgan fingerprint density at radius 1 is 1.27 bits per heavy atom. The molecule has 4 rings (SSSR count). The Morgan fingerprint density at radius 3 is 2.73 bits per heavy atom. The van der Waals surface area contributed by atoms with Crippen molar-refractivity contribution < 1.29 is 14.6 Å². The largest absolute Gasteiger partial charge is 0.504 e. The van der Waals surface area contributed by atoms with Gasteiger partial charge in [0.25, 0.3) is 0 Å². The number of aromatic nitrogens is 2. The van der Waals surface area contributed by atoms with Gasteiger partial charge in [0, 0.05) is 21.5 Å². The Kier molecular flexibility index (Phi) is 4.31. The fraction of sp³-hybridized carbons (Fsp3) is 0.158. The number of aromatic hydroxyl groups is 1. The van der Waals surface area contributed by atoms with E-state index in [4.69, 9.17) is 4.74 Å². The van der Waals surface area contributed by atoms with Gasteiger partial charge in [-0.05, 0) is 64.6 Å². The van der Waals surface area contributed by atoms with E-state index in [0.29, 0.717) is 18.0 Å². The number of phenols is 1. The van der Waals surface area contributed by atoms with E-state index in [9.17, 15) is 9.90 Å². The lowest BCUT2D eigenvalue weighted by molar-refractivity contribution is -0.116. The molecule has 2 aromatic carbocycles. The van der Waals surface area contributed by atoms with Crippen LogP contribution in [0.1, 0.15) is 23.5 Å². The number of ether oxygens (including phenoxy) is 1. The Balaban J connectivity index is 1.78. The fourth-order valence-electron chi connectivity index (χ4n) is 3.22. The van der Waals surface area contributed by atoms with Crippen LogP contribution in [0.15, 0.2) is 48.7 Å².